The molecule has 0 spiro atoms. The highest BCUT2D eigenvalue weighted by Gasteiger charge is 2.44. The number of benzene rings is 4. The van der Waals surface area contributed by atoms with Crippen LogP contribution < -0.4 is 30.7 Å². The third kappa shape index (κ3) is 19.6. The first-order valence-electron chi connectivity index (χ1n) is 31.7. The Kier molecular flexibility index (Phi) is 25.4. The highest BCUT2D eigenvalue weighted by molar-refractivity contribution is 6.38. The fourth-order valence-corrected chi connectivity index (χ4v) is 11.7. The van der Waals surface area contributed by atoms with Crippen molar-refractivity contribution in [1.29, 1.82) is 0 Å². The van der Waals surface area contributed by atoms with Gasteiger partial charge in [-0.05, 0) is 136 Å². The van der Waals surface area contributed by atoms with Crippen LogP contribution in [0.25, 0.3) is 0 Å². The summed E-state index contributed by atoms with van der Waals surface area (Å²) in [5.74, 6) is -6.26. The van der Waals surface area contributed by atoms with Crippen LogP contribution in [-0.2, 0) is 75.1 Å². The summed E-state index contributed by atoms with van der Waals surface area (Å²) >= 11 is 0. The van der Waals surface area contributed by atoms with Crippen molar-refractivity contribution in [2.45, 2.75) is 148 Å². The van der Waals surface area contributed by atoms with E-state index in [-0.39, 0.29) is 88.7 Å². The number of amides is 8. The molecule has 0 saturated carbocycles. The number of hydrogen-bond acceptors (Lipinski definition) is 15. The van der Waals surface area contributed by atoms with Crippen molar-refractivity contribution in [3.05, 3.63) is 131 Å². The molecular weight excluding hydrogens is 1190 g/mol. The topological polar surface area (TPSA) is 286 Å². The molecule has 93 heavy (non-hydrogen) atoms. The Balaban J connectivity index is 1.21. The summed E-state index contributed by atoms with van der Waals surface area (Å²) in [5, 5.41) is 11.2. The van der Waals surface area contributed by atoms with Crippen LogP contribution in [0.4, 0.5) is 11.4 Å². The van der Waals surface area contributed by atoms with Crippen LogP contribution >= 0.6 is 0 Å². The third-order valence-corrected chi connectivity index (χ3v) is 16.8. The SMILES string of the molecule is COc1ccc(CC[C@H]2OC(=O)[C@@H]3CCCCN3C(=O)C(=O)C(C)(C)COC(=O)/C=C/CCN(C)C(=O)[C@H](CC(C)C)N(C)C(=O)[C@H]3CCCN3C(=O)[C@H](Cc3cccc(NC(C)=O)c3)NC(=O)[C@H](c3ccccc3)NC(=O)CCC(=O)Nc3cccc2c3)cc1OC. The number of nitrogens with zero attached hydrogens (tertiary/aromatic N) is 4. The van der Waals surface area contributed by atoms with E-state index in [0.29, 0.717) is 65.2 Å². The lowest BCUT2D eigenvalue weighted by Crippen LogP contribution is -2.58. The van der Waals surface area contributed by atoms with Gasteiger partial charge in [0.25, 0.3) is 5.91 Å². The van der Waals surface area contributed by atoms with Gasteiger partial charge in [-0.25, -0.2) is 9.59 Å². The maximum atomic E-state index is 15.2. The van der Waals surface area contributed by atoms with Gasteiger partial charge >= 0.3 is 11.9 Å². The van der Waals surface area contributed by atoms with Crippen molar-refractivity contribution in [1.82, 2.24) is 30.2 Å². The van der Waals surface area contributed by atoms with E-state index in [0.717, 1.165) is 11.6 Å². The first kappa shape index (κ1) is 71.0. The lowest BCUT2D eigenvalue weighted by atomic mass is 9.87. The summed E-state index contributed by atoms with van der Waals surface area (Å²) in [6.07, 6.45) is 3.86. The van der Waals surface area contributed by atoms with Gasteiger partial charge in [0.05, 0.1) is 19.6 Å². The predicted molar refractivity (Wildman–Crippen MR) is 346 cm³/mol. The van der Waals surface area contributed by atoms with E-state index in [1.807, 2.05) is 19.9 Å². The van der Waals surface area contributed by atoms with Gasteiger partial charge in [-0.15, -0.1) is 0 Å². The van der Waals surface area contributed by atoms with E-state index in [2.05, 4.69) is 21.3 Å². The van der Waals surface area contributed by atoms with Gasteiger partial charge in [0.1, 0.15) is 42.9 Å². The number of carbonyl (C=O) groups excluding carboxylic acids is 11. The molecule has 2 bridgehead atoms. The van der Waals surface area contributed by atoms with Crippen LogP contribution in [0.5, 0.6) is 11.5 Å². The van der Waals surface area contributed by atoms with Crippen molar-refractivity contribution in [3.8, 4) is 11.5 Å². The van der Waals surface area contributed by atoms with Gasteiger partial charge in [-0.2, -0.15) is 0 Å². The molecule has 4 aromatic rings. The highest BCUT2D eigenvalue weighted by atomic mass is 16.5. The number of nitrogens with one attached hydrogen (secondary N) is 4. The number of likely N-dealkylation sites (N-methyl/N-ethyl adjacent to an activating group) is 2. The third-order valence-electron chi connectivity index (χ3n) is 16.8. The Morgan fingerprint density at radius 2 is 1.41 bits per heavy atom. The van der Waals surface area contributed by atoms with E-state index in [4.69, 9.17) is 18.9 Å². The molecule has 2 fully saturated rings. The summed E-state index contributed by atoms with van der Waals surface area (Å²) < 4.78 is 22.8. The van der Waals surface area contributed by atoms with E-state index in [1.165, 1.54) is 67.7 Å². The first-order chi connectivity index (χ1) is 44.4. The summed E-state index contributed by atoms with van der Waals surface area (Å²) in [7, 11) is 6.14. The zero-order chi connectivity index (χ0) is 67.5. The van der Waals surface area contributed by atoms with Crippen molar-refractivity contribution in [2.24, 2.45) is 11.3 Å². The van der Waals surface area contributed by atoms with Crippen molar-refractivity contribution >= 4 is 76.4 Å². The Morgan fingerprint density at radius 3 is 2.13 bits per heavy atom. The van der Waals surface area contributed by atoms with Gasteiger partial charge in [0, 0.05) is 77.4 Å². The molecule has 6 atom stereocenters. The van der Waals surface area contributed by atoms with Crippen LogP contribution in [0.15, 0.2) is 109 Å². The molecule has 4 aromatic carbocycles. The molecule has 23 heteroatoms. The van der Waals surface area contributed by atoms with E-state index in [1.54, 1.807) is 98.0 Å². The average molecular weight is 1280 g/mol. The number of fused-ring (bicyclic) bond motifs is 4. The average Bonchev–Trinajstić information content (AvgIpc) is 1.85. The summed E-state index contributed by atoms with van der Waals surface area (Å²) in [6, 6.07) is 21.3. The molecule has 0 unspecified atom stereocenters. The van der Waals surface area contributed by atoms with Gasteiger partial charge in [0.2, 0.25) is 47.1 Å². The summed E-state index contributed by atoms with van der Waals surface area (Å²) in [5.41, 5.74) is 1.43. The smallest absolute Gasteiger partial charge is 0.330 e. The lowest BCUT2D eigenvalue weighted by Gasteiger charge is -2.36. The summed E-state index contributed by atoms with van der Waals surface area (Å²) in [4.78, 5) is 161. The number of aryl methyl sites for hydroxylation is 1. The normalized spacial score (nSPS) is 22.8. The second kappa shape index (κ2) is 33.2. The molecule has 0 aromatic heterocycles. The van der Waals surface area contributed by atoms with Gasteiger partial charge in [-0.1, -0.05) is 80.6 Å². The zero-order valence-electron chi connectivity index (χ0n) is 54.7. The van der Waals surface area contributed by atoms with Gasteiger partial charge in [0.15, 0.2) is 11.5 Å². The summed E-state index contributed by atoms with van der Waals surface area (Å²) in [6.45, 7) is 8.01. The minimum atomic E-state index is -1.52. The maximum absolute atomic E-state index is 15.2. The number of esters is 2. The molecule has 3 heterocycles. The maximum Gasteiger partial charge on any atom is 0.330 e. The number of anilines is 2. The highest BCUT2D eigenvalue weighted by Crippen LogP contribution is 2.33. The molecule has 3 aliphatic heterocycles. The van der Waals surface area contributed by atoms with E-state index in [9.17, 15) is 47.9 Å². The van der Waals surface area contributed by atoms with Crippen LogP contribution in [0, 0.1) is 11.3 Å². The number of ether oxygens (including phenoxy) is 4. The molecule has 4 N–H and O–H groups in total. The monoisotopic (exact) mass is 1280 g/mol. The molecule has 0 radical (unpaired) electrons. The quantitative estimate of drug-likeness (QED) is 0.0870. The standard InChI is InChI=1S/C70H88N8O15/c1-44(2)38-55-66(86)75(6)35-15-14-28-61(82)92-43-70(4,5)63(83)68(88)78-36-16-13-26-54(78)69(89)93-56(31-29-46-30-32-57(90-8)58(41-46)91-9)49-23-18-25-51(42-49)72-59(80)33-34-60(81)74-62(48-21-11-10-12-22-48)64(84)73-52(40-47-20-17-24-50(39-47)71-45(3)79)65(85)77-37-19-27-53(77)67(87)76(55)7/h10-12,14,17-18,20-25,28,30,32,39,41-42,44,52-56,62H,13,15-16,19,26-27,29,31,33-38,40,43H2,1-9H3,(H,71,79)(H,72,80)(H,73,84)(H,74,81)/b28-14+/t52-,53+,54-,55-,56+,62-/m0/s1. The Hall–Kier alpha value is -9.41. The molecule has 2 saturated heterocycles. The number of ketones is 1. The van der Waals surface area contributed by atoms with Crippen LogP contribution in [0.2, 0.25) is 0 Å². The molecule has 7 rings (SSSR count). The lowest BCUT2D eigenvalue weighted by molar-refractivity contribution is -0.165. The largest absolute Gasteiger partial charge is 0.493 e. The van der Waals surface area contributed by atoms with Crippen molar-refractivity contribution in [2.75, 3.05) is 65.2 Å². The Labute approximate surface area is 543 Å². The first-order valence-corrected chi connectivity index (χ1v) is 31.7. The zero-order valence-corrected chi connectivity index (χ0v) is 54.7. The minimum Gasteiger partial charge on any atom is -0.493 e. The Bertz CT molecular complexity index is 3410. The minimum absolute atomic E-state index is 0.0562. The number of hydrogen-bond donors (Lipinski definition) is 4. The van der Waals surface area contributed by atoms with Gasteiger partial charge < -0.3 is 59.8 Å². The number of carbonyl (C=O) groups is 11. The molecule has 3 aliphatic rings. The molecule has 498 valence electrons. The Morgan fingerprint density at radius 1 is 0.710 bits per heavy atom. The molecule has 23 nitrogen and oxygen atoms in total. The second-order valence-electron chi connectivity index (χ2n) is 25.0. The number of piperidine rings is 1. The fraction of sp³-hybridized carbons (Fsp3) is 0.471. The van der Waals surface area contributed by atoms with Crippen LogP contribution in [0.1, 0.15) is 133 Å². The fourth-order valence-electron chi connectivity index (χ4n) is 11.7. The molecular formula is C70H88N8O15. The predicted octanol–water partition coefficient (Wildman–Crippen LogP) is 6.99. The second-order valence-corrected chi connectivity index (χ2v) is 25.0. The number of Topliss-reactive ketones (excluding diaryl/α,β-unsaturated/α-hetero) is 1. The molecule has 8 amide bonds. The number of rotatable bonds is 11. The number of methoxy groups -OCH3 is 2. The van der Waals surface area contributed by atoms with Crippen molar-refractivity contribution in [3.63, 3.8) is 0 Å². The van der Waals surface area contributed by atoms with Crippen molar-refractivity contribution < 1.29 is 71.7 Å². The van der Waals surface area contributed by atoms with E-state index >= 15 is 4.79 Å². The van der Waals surface area contributed by atoms with Crippen LogP contribution in [-0.4, -0.2) is 163 Å². The van der Waals surface area contributed by atoms with Gasteiger partial charge in [-0.3, -0.25) is 43.2 Å². The number of cyclic esters (lactones) is 2. The van der Waals surface area contributed by atoms with Crippen LogP contribution in [0.3, 0.4) is 0 Å². The van der Waals surface area contributed by atoms with E-state index < -0.39 is 101 Å². The molecule has 0 aliphatic carbocycles.